The fraction of sp³-hybridized carbons (Fsp3) is 0.0741. The number of aryl methyl sites for hydroxylation is 1. The van der Waals surface area contributed by atoms with Crippen molar-refractivity contribution in [1.82, 2.24) is 9.97 Å². The van der Waals surface area contributed by atoms with Crippen LogP contribution < -0.4 is 10.9 Å². The Kier molecular flexibility index (Phi) is 4.74. The van der Waals surface area contributed by atoms with Crippen LogP contribution in [0.1, 0.15) is 11.1 Å². The average molecular weight is 467 g/mol. The fourth-order valence-corrected chi connectivity index (χ4v) is 4.32. The molecule has 2 N–H and O–H groups in total. The van der Waals surface area contributed by atoms with E-state index in [4.69, 9.17) is 8.83 Å². The van der Waals surface area contributed by atoms with Crippen molar-refractivity contribution < 1.29 is 18.0 Å². The minimum atomic E-state index is -0.584. The van der Waals surface area contributed by atoms with Crippen molar-refractivity contribution in [2.75, 3.05) is 5.32 Å². The number of anilines is 1. The summed E-state index contributed by atoms with van der Waals surface area (Å²) in [6.07, 6.45) is 1.42. The number of halogens is 1. The maximum absolute atomic E-state index is 13.4. The summed E-state index contributed by atoms with van der Waals surface area (Å²) in [5.74, 6) is -0.409. The summed E-state index contributed by atoms with van der Waals surface area (Å²) in [6, 6.07) is 17.1. The van der Waals surface area contributed by atoms with Crippen LogP contribution in [-0.2, 0) is 11.2 Å². The molecule has 0 atom stereocenters. The summed E-state index contributed by atoms with van der Waals surface area (Å²) in [7, 11) is 0. The van der Waals surface area contributed by atoms with E-state index in [9.17, 15) is 14.0 Å². The Hall–Kier alpha value is -4.72. The quantitative estimate of drug-likeness (QED) is 0.323. The van der Waals surface area contributed by atoms with Crippen molar-refractivity contribution >= 4 is 44.8 Å². The highest BCUT2D eigenvalue weighted by atomic mass is 19.1. The Morgan fingerprint density at radius 1 is 1.06 bits per heavy atom. The number of carbonyl (C=O) groups excluding carboxylic acids is 1. The van der Waals surface area contributed by atoms with Crippen LogP contribution in [0.2, 0.25) is 0 Å². The molecule has 8 heteroatoms. The first-order valence-corrected chi connectivity index (χ1v) is 10.9. The maximum atomic E-state index is 13.4. The minimum absolute atomic E-state index is 0.171. The van der Waals surface area contributed by atoms with E-state index in [1.165, 1.54) is 12.1 Å². The van der Waals surface area contributed by atoms with Crippen LogP contribution in [0.25, 0.3) is 44.1 Å². The SMILES string of the molecule is Cc1c(CC(=O)Nc2nc3ccccc3[nH]2)c(=O)oc2cc3occ(-c4ccc(F)cc4)c3cc12. The van der Waals surface area contributed by atoms with Gasteiger partial charge in [0.15, 0.2) is 0 Å². The fourth-order valence-electron chi connectivity index (χ4n) is 4.32. The van der Waals surface area contributed by atoms with Crippen molar-refractivity contribution in [1.29, 1.82) is 0 Å². The summed E-state index contributed by atoms with van der Waals surface area (Å²) >= 11 is 0. The molecule has 3 aromatic carbocycles. The highest BCUT2D eigenvalue weighted by Gasteiger charge is 2.18. The number of aromatic amines is 1. The van der Waals surface area contributed by atoms with Gasteiger partial charge >= 0.3 is 5.63 Å². The molecule has 1 amide bonds. The zero-order chi connectivity index (χ0) is 24.1. The molecular weight excluding hydrogens is 449 g/mol. The van der Waals surface area contributed by atoms with Gasteiger partial charge < -0.3 is 13.8 Å². The molecule has 0 unspecified atom stereocenters. The summed E-state index contributed by atoms with van der Waals surface area (Å²) in [6.45, 7) is 1.78. The molecular formula is C27H18FN3O4. The third-order valence-electron chi connectivity index (χ3n) is 6.12. The van der Waals surface area contributed by atoms with Gasteiger partial charge in [-0.3, -0.25) is 10.1 Å². The highest BCUT2D eigenvalue weighted by Crippen LogP contribution is 2.34. The summed E-state index contributed by atoms with van der Waals surface area (Å²) in [5.41, 5.74) is 4.33. The second-order valence-corrected chi connectivity index (χ2v) is 8.32. The maximum Gasteiger partial charge on any atom is 0.340 e. The molecule has 3 heterocycles. The Bertz CT molecular complexity index is 1780. The van der Waals surface area contributed by atoms with Gasteiger partial charge in [0.05, 0.1) is 29.3 Å². The number of amides is 1. The van der Waals surface area contributed by atoms with Crippen molar-refractivity contribution in [3.05, 3.63) is 94.3 Å². The predicted octanol–water partition coefficient (Wildman–Crippen LogP) is 5.71. The molecule has 0 fully saturated rings. The molecule has 0 aliphatic rings. The first-order chi connectivity index (χ1) is 17.0. The Labute approximate surface area is 197 Å². The molecule has 3 aromatic heterocycles. The normalized spacial score (nSPS) is 11.5. The number of fused-ring (bicyclic) bond motifs is 3. The molecule has 172 valence electrons. The molecule has 7 nitrogen and oxygen atoms in total. The lowest BCUT2D eigenvalue weighted by Crippen LogP contribution is -2.21. The lowest BCUT2D eigenvalue weighted by Gasteiger charge is -2.08. The number of nitrogens with one attached hydrogen (secondary N) is 2. The van der Waals surface area contributed by atoms with Gasteiger partial charge in [-0.25, -0.2) is 14.2 Å². The first-order valence-electron chi connectivity index (χ1n) is 10.9. The summed E-state index contributed by atoms with van der Waals surface area (Å²) < 4.78 is 24.6. The van der Waals surface area contributed by atoms with Gasteiger partial charge in [0.1, 0.15) is 17.0 Å². The molecule has 6 aromatic rings. The topological polar surface area (TPSA) is 101 Å². The molecule has 0 saturated heterocycles. The molecule has 0 bridgehead atoms. The Morgan fingerprint density at radius 2 is 1.86 bits per heavy atom. The van der Waals surface area contributed by atoms with E-state index >= 15 is 0 Å². The minimum Gasteiger partial charge on any atom is -0.464 e. The van der Waals surface area contributed by atoms with Gasteiger partial charge in [0, 0.05) is 22.4 Å². The van der Waals surface area contributed by atoms with E-state index in [-0.39, 0.29) is 17.8 Å². The number of hydrogen-bond donors (Lipinski definition) is 2. The molecule has 0 radical (unpaired) electrons. The Morgan fingerprint density at radius 3 is 2.66 bits per heavy atom. The van der Waals surface area contributed by atoms with Crippen LogP contribution in [0.15, 0.2) is 80.6 Å². The third-order valence-corrected chi connectivity index (χ3v) is 6.12. The van der Waals surface area contributed by atoms with E-state index in [0.29, 0.717) is 28.1 Å². The van der Waals surface area contributed by atoms with Crippen LogP contribution >= 0.6 is 0 Å². The highest BCUT2D eigenvalue weighted by molar-refractivity contribution is 6.02. The molecule has 6 rings (SSSR count). The van der Waals surface area contributed by atoms with Gasteiger partial charge in [-0.05, 0) is 48.4 Å². The van der Waals surface area contributed by atoms with Crippen molar-refractivity contribution in [2.24, 2.45) is 0 Å². The predicted molar refractivity (Wildman–Crippen MR) is 131 cm³/mol. The van der Waals surface area contributed by atoms with Crippen LogP contribution in [0, 0.1) is 12.7 Å². The number of imidazole rings is 1. The molecule has 0 aliphatic heterocycles. The van der Waals surface area contributed by atoms with E-state index < -0.39 is 11.5 Å². The number of rotatable bonds is 4. The second kappa shape index (κ2) is 7.95. The van der Waals surface area contributed by atoms with Gasteiger partial charge in [-0.15, -0.1) is 0 Å². The Balaban J connectivity index is 1.37. The van der Waals surface area contributed by atoms with Gasteiger partial charge in [0.2, 0.25) is 11.9 Å². The van der Waals surface area contributed by atoms with Crippen molar-refractivity contribution in [3.63, 3.8) is 0 Å². The number of nitrogens with zero attached hydrogens (tertiary/aromatic N) is 1. The smallest absolute Gasteiger partial charge is 0.340 e. The zero-order valence-corrected chi connectivity index (χ0v) is 18.5. The first kappa shape index (κ1) is 20.9. The standard InChI is InChI=1S/C27H18FN3O4/c1-14-17-10-19-20(15-6-8-16(28)9-7-15)13-34-23(19)12-24(17)35-26(33)18(14)11-25(32)31-27-29-21-4-2-3-5-22(21)30-27/h2-10,12-13H,11H2,1H3,(H2,29,30,31,32). The lowest BCUT2D eigenvalue weighted by atomic mass is 9.99. The molecule has 0 saturated carbocycles. The van der Waals surface area contributed by atoms with Crippen molar-refractivity contribution in [2.45, 2.75) is 13.3 Å². The largest absolute Gasteiger partial charge is 0.464 e. The molecule has 0 aliphatic carbocycles. The monoisotopic (exact) mass is 467 g/mol. The van der Waals surface area contributed by atoms with Gasteiger partial charge in [0.25, 0.3) is 0 Å². The van der Waals surface area contributed by atoms with Crippen LogP contribution in [0.3, 0.4) is 0 Å². The van der Waals surface area contributed by atoms with E-state index in [2.05, 4.69) is 15.3 Å². The summed E-state index contributed by atoms with van der Waals surface area (Å²) in [4.78, 5) is 32.9. The van der Waals surface area contributed by atoms with E-state index in [1.807, 2.05) is 30.3 Å². The number of aromatic nitrogens is 2. The third kappa shape index (κ3) is 3.65. The number of para-hydroxylation sites is 2. The number of carbonyl (C=O) groups is 1. The number of H-pyrrole nitrogens is 1. The number of hydrogen-bond acceptors (Lipinski definition) is 5. The van der Waals surface area contributed by atoms with Crippen LogP contribution in [-0.4, -0.2) is 15.9 Å². The number of benzene rings is 3. The molecule has 35 heavy (non-hydrogen) atoms. The van der Waals surface area contributed by atoms with Crippen molar-refractivity contribution in [3.8, 4) is 11.1 Å². The van der Waals surface area contributed by atoms with Crippen LogP contribution in [0.5, 0.6) is 0 Å². The van der Waals surface area contributed by atoms with E-state index in [1.54, 1.807) is 31.4 Å². The second-order valence-electron chi connectivity index (χ2n) is 8.32. The summed E-state index contributed by atoms with van der Waals surface area (Å²) in [5, 5.41) is 4.19. The average Bonchev–Trinajstić information content (AvgIpc) is 3.44. The lowest BCUT2D eigenvalue weighted by molar-refractivity contribution is -0.115. The van der Waals surface area contributed by atoms with Gasteiger partial charge in [-0.2, -0.15) is 0 Å². The zero-order valence-electron chi connectivity index (χ0n) is 18.5. The number of furan rings is 1. The molecule has 0 spiro atoms. The van der Waals surface area contributed by atoms with Crippen LogP contribution in [0.4, 0.5) is 10.3 Å². The van der Waals surface area contributed by atoms with Gasteiger partial charge in [-0.1, -0.05) is 24.3 Å². The van der Waals surface area contributed by atoms with E-state index in [0.717, 1.165) is 27.5 Å².